The van der Waals surface area contributed by atoms with Crippen LogP contribution in [0.3, 0.4) is 0 Å². The summed E-state index contributed by atoms with van der Waals surface area (Å²) in [6.07, 6.45) is 1.86. The Hall–Kier alpha value is -2.12. The summed E-state index contributed by atoms with van der Waals surface area (Å²) in [5.74, 6) is -0.514. The van der Waals surface area contributed by atoms with E-state index in [1.54, 1.807) is 0 Å². The first-order chi connectivity index (χ1) is 13.4. The quantitative estimate of drug-likeness (QED) is 0.625. The van der Waals surface area contributed by atoms with E-state index in [1.165, 1.54) is 0 Å². The summed E-state index contributed by atoms with van der Waals surface area (Å²) >= 11 is 0. The van der Waals surface area contributed by atoms with Gasteiger partial charge in [-0.05, 0) is 49.6 Å². The minimum absolute atomic E-state index is 0. The van der Waals surface area contributed by atoms with Crippen molar-refractivity contribution in [2.24, 2.45) is 17.4 Å². The smallest absolute Gasteiger partial charge is 0.245 e. The molecule has 2 aromatic carbocycles. The molecule has 0 radical (unpaired) electrons. The average molecular weight is 453 g/mol. The zero-order chi connectivity index (χ0) is 20.1. The Bertz CT molecular complexity index is 828. The molecule has 2 atom stereocenters. The number of nitrogens with one attached hydrogen (secondary N) is 1. The lowest BCUT2D eigenvalue weighted by Crippen LogP contribution is -2.40. The highest BCUT2D eigenvalue weighted by Crippen LogP contribution is 2.20. The van der Waals surface area contributed by atoms with Crippen LogP contribution in [0.5, 0.6) is 0 Å². The van der Waals surface area contributed by atoms with Gasteiger partial charge < -0.3 is 16.8 Å². The average Bonchev–Trinajstić information content (AvgIpc) is 2.69. The Morgan fingerprint density at radius 3 is 2.33 bits per heavy atom. The standard InChI is InChI=1S/C22H28N4O2.2ClH/c1-15-4-8-17(9-5-15)20(23)22(28)25-19-10-6-16(7-11-19)13-26-12-2-3-18(14-26)21(24)27;;/h4-11,18,20H,2-3,12-14,23H2,1H3,(H2,24,27)(H,25,28);2*1H. The van der Waals surface area contributed by atoms with Crippen molar-refractivity contribution in [1.82, 2.24) is 4.90 Å². The first-order valence-corrected chi connectivity index (χ1v) is 9.66. The van der Waals surface area contributed by atoms with Gasteiger partial charge in [0.1, 0.15) is 6.04 Å². The maximum absolute atomic E-state index is 12.4. The fourth-order valence-electron chi connectivity index (χ4n) is 3.53. The van der Waals surface area contributed by atoms with E-state index < -0.39 is 6.04 Å². The van der Waals surface area contributed by atoms with E-state index in [1.807, 2.05) is 55.5 Å². The number of halogens is 2. The van der Waals surface area contributed by atoms with Crippen LogP contribution >= 0.6 is 24.8 Å². The van der Waals surface area contributed by atoms with E-state index in [0.717, 1.165) is 42.6 Å². The van der Waals surface area contributed by atoms with Gasteiger partial charge in [-0.3, -0.25) is 14.5 Å². The summed E-state index contributed by atoms with van der Waals surface area (Å²) in [6, 6.07) is 14.7. The summed E-state index contributed by atoms with van der Waals surface area (Å²) < 4.78 is 0. The van der Waals surface area contributed by atoms with E-state index in [4.69, 9.17) is 11.5 Å². The lowest BCUT2D eigenvalue weighted by molar-refractivity contribution is -0.123. The van der Waals surface area contributed by atoms with Crippen molar-refractivity contribution in [3.63, 3.8) is 0 Å². The SMILES string of the molecule is Cc1ccc(C(N)C(=O)Nc2ccc(CN3CCCC(C(N)=O)C3)cc2)cc1.Cl.Cl. The number of nitrogens with zero attached hydrogens (tertiary/aromatic N) is 1. The van der Waals surface area contributed by atoms with Crippen molar-refractivity contribution < 1.29 is 9.59 Å². The number of piperidine rings is 1. The molecule has 2 amide bonds. The number of primary amides is 1. The number of likely N-dealkylation sites (tertiary alicyclic amines) is 1. The molecule has 0 bridgehead atoms. The Balaban J connectivity index is 0.00000225. The largest absolute Gasteiger partial charge is 0.369 e. The highest BCUT2D eigenvalue weighted by atomic mass is 35.5. The van der Waals surface area contributed by atoms with E-state index in [2.05, 4.69) is 10.2 Å². The van der Waals surface area contributed by atoms with Gasteiger partial charge in [-0.25, -0.2) is 0 Å². The molecule has 1 heterocycles. The molecule has 164 valence electrons. The highest BCUT2D eigenvalue weighted by molar-refractivity contribution is 5.95. The Kier molecular flexibility index (Phi) is 10.3. The molecule has 1 saturated heterocycles. The molecule has 0 saturated carbocycles. The molecule has 6 nitrogen and oxygen atoms in total. The highest BCUT2D eigenvalue weighted by Gasteiger charge is 2.23. The molecular formula is C22H30Cl2N4O2. The van der Waals surface area contributed by atoms with Crippen LogP contribution in [-0.2, 0) is 16.1 Å². The number of hydrogen-bond donors (Lipinski definition) is 3. The van der Waals surface area contributed by atoms with Gasteiger partial charge in [0.05, 0.1) is 5.92 Å². The number of aryl methyl sites for hydroxylation is 1. The van der Waals surface area contributed by atoms with Crippen LogP contribution in [0.4, 0.5) is 5.69 Å². The molecule has 8 heteroatoms. The fourth-order valence-corrected chi connectivity index (χ4v) is 3.53. The number of carbonyl (C=O) groups excluding carboxylic acids is 2. The number of carbonyl (C=O) groups is 2. The summed E-state index contributed by atoms with van der Waals surface area (Å²) in [4.78, 5) is 26.1. The number of benzene rings is 2. The topological polar surface area (TPSA) is 101 Å². The van der Waals surface area contributed by atoms with Crippen molar-refractivity contribution in [3.05, 3.63) is 65.2 Å². The van der Waals surface area contributed by atoms with Gasteiger partial charge >= 0.3 is 0 Å². The maximum Gasteiger partial charge on any atom is 0.245 e. The third-order valence-electron chi connectivity index (χ3n) is 5.25. The van der Waals surface area contributed by atoms with Crippen LogP contribution in [0.1, 0.15) is 35.6 Å². The first-order valence-electron chi connectivity index (χ1n) is 9.66. The number of anilines is 1. The van der Waals surface area contributed by atoms with Gasteiger partial charge in [0, 0.05) is 18.8 Å². The number of rotatable bonds is 6. The Morgan fingerprint density at radius 1 is 1.10 bits per heavy atom. The molecule has 2 unspecified atom stereocenters. The van der Waals surface area contributed by atoms with Crippen molar-refractivity contribution in [3.8, 4) is 0 Å². The number of nitrogens with two attached hydrogens (primary N) is 2. The van der Waals surface area contributed by atoms with Gasteiger partial charge in [-0.15, -0.1) is 24.8 Å². The zero-order valence-electron chi connectivity index (χ0n) is 17.0. The van der Waals surface area contributed by atoms with Crippen LogP contribution < -0.4 is 16.8 Å². The molecule has 0 aromatic heterocycles. The molecule has 30 heavy (non-hydrogen) atoms. The molecule has 5 N–H and O–H groups in total. The van der Waals surface area contributed by atoms with Crippen LogP contribution in [0.25, 0.3) is 0 Å². The molecular weight excluding hydrogens is 423 g/mol. The molecule has 1 aliphatic heterocycles. The minimum Gasteiger partial charge on any atom is -0.369 e. The summed E-state index contributed by atoms with van der Waals surface area (Å²) in [5, 5.41) is 2.87. The van der Waals surface area contributed by atoms with E-state index in [-0.39, 0.29) is 42.5 Å². The van der Waals surface area contributed by atoms with Crippen LogP contribution in [0, 0.1) is 12.8 Å². The van der Waals surface area contributed by atoms with E-state index >= 15 is 0 Å². The zero-order valence-corrected chi connectivity index (χ0v) is 18.7. The number of hydrogen-bond acceptors (Lipinski definition) is 4. The summed E-state index contributed by atoms with van der Waals surface area (Å²) in [6.45, 7) is 4.43. The molecule has 2 aromatic rings. The second-order valence-corrected chi connectivity index (χ2v) is 7.55. The van der Waals surface area contributed by atoms with Gasteiger partial charge in [-0.2, -0.15) is 0 Å². The second kappa shape index (κ2) is 11.9. The van der Waals surface area contributed by atoms with Gasteiger partial charge in [0.25, 0.3) is 0 Å². The van der Waals surface area contributed by atoms with Crippen molar-refractivity contribution in [2.75, 3.05) is 18.4 Å². The Labute approximate surface area is 190 Å². The monoisotopic (exact) mass is 452 g/mol. The predicted octanol–water partition coefficient (Wildman–Crippen LogP) is 3.17. The molecule has 3 rings (SSSR count). The molecule has 0 spiro atoms. The van der Waals surface area contributed by atoms with Gasteiger partial charge in [-0.1, -0.05) is 42.0 Å². The third-order valence-corrected chi connectivity index (χ3v) is 5.25. The molecule has 0 aliphatic carbocycles. The number of amides is 2. The summed E-state index contributed by atoms with van der Waals surface area (Å²) in [5.41, 5.74) is 15.3. The van der Waals surface area contributed by atoms with E-state index in [9.17, 15) is 9.59 Å². The lowest BCUT2D eigenvalue weighted by atomic mass is 9.97. The lowest BCUT2D eigenvalue weighted by Gasteiger charge is -2.31. The molecule has 1 fully saturated rings. The fraction of sp³-hybridized carbons (Fsp3) is 0.364. The van der Waals surface area contributed by atoms with Crippen LogP contribution in [0.2, 0.25) is 0 Å². The molecule has 1 aliphatic rings. The first kappa shape index (κ1) is 25.9. The minimum atomic E-state index is -0.709. The van der Waals surface area contributed by atoms with Crippen LogP contribution in [0.15, 0.2) is 48.5 Å². The Morgan fingerprint density at radius 2 is 1.73 bits per heavy atom. The van der Waals surface area contributed by atoms with Gasteiger partial charge in [0.15, 0.2) is 0 Å². The van der Waals surface area contributed by atoms with Gasteiger partial charge in [0.2, 0.25) is 11.8 Å². The van der Waals surface area contributed by atoms with Crippen molar-refractivity contribution >= 4 is 42.3 Å². The normalized spacial score (nSPS) is 17.2. The van der Waals surface area contributed by atoms with Crippen molar-refractivity contribution in [2.45, 2.75) is 32.4 Å². The third kappa shape index (κ3) is 6.99. The summed E-state index contributed by atoms with van der Waals surface area (Å²) in [7, 11) is 0. The maximum atomic E-state index is 12.4. The second-order valence-electron chi connectivity index (χ2n) is 7.55. The predicted molar refractivity (Wildman–Crippen MR) is 125 cm³/mol. The van der Waals surface area contributed by atoms with Crippen LogP contribution in [-0.4, -0.2) is 29.8 Å². The van der Waals surface area contributed by atoms with E-state index in [0.29, 0.717) is 12.2 Å². The van der Waals surface area contributed by atoms with Crippen molar-refractivity contribution in [1.29, 1.82) is 0 Å².